The number of aromatic hydroxyl groups is 1. The first-order chi connectivity index (χ1) is 12.0. The number of aliphatic hydroxyl groups excluding tert-OH is 1. The van der Waals surface area contributed by atoms with Crippen LogP contribution in [-0.4, -0.2) is 35.8 Å². The number of aliphatic hydroxyl groups is 1. The van der Waals surface area contributed by atoms with Gasteiger partial charge < -0.3 is 25.6 Å². The molecule has 3 rings (SSSR count). The summed E-state index contributed by atoms with van der Waals surface area (Å²) in [4.78, 5) is 11.4. The smallest absolute Gasteiger partial charge is 0.262 e. The zero-order valence-corrected chi connectivity index (χ0v) is 13.5. The van der Waals surface area contributed by atoms with Gasteiger partial charge in [-0.15, -0.1) is 0 Å². The first-order valence-electron chi connectivity index (χ1n) is 7.95. The lowest BCUT2D eigenvalue weighted by atomic mass is 10.0. The zero-order valence-electron chi connectivity index (χ0n) is 13.5. The maximum Gasteiger partial charge on any atom is 0.262 e. The molecule has 7 heteroatoms. The molecule has 132 valence electrons. The standard InChI is InChI=1S/C18H19FN2O4/c19-12-3-1-11(2-4-12)5-6-20-9-16(23)14-7-13(22)8-15-18(14)25-10-17(24)21-15/h1-4,7-8,16,20,22-23H,5-6,9-10H2,(H,21,24). The van der Waals surface area contributed by atoms with Gasteiger partial charge in [-0.3, -0.25) is 4.79 Å². The molecule has 0 fully saturated rings. The minimum atomic E-state index is -0.913. The molecule has 1 heterocycles. The van der Waals surface area contributed by atoms with Crippen LogP contribution in [0.5, 0.6) is 11.5 Å². The van der Waals surface area contributed by atoms with Crippen LogP contribution >= 0.6 is 0 Å². The Hall–Kier alpha value is -2.64. The van der Waals surface area contributed by atoms with E-state index < -0.39 is 6.10 Å². The topological polar surface area (TPSA) is 90.8 Å². The Morgan fingerprint density at radius 3 is 2.80 bits per heavy atom. The fourth-order valence-electron chi connectivity index (χ4n) is 2.69. The zero-order chi connectivity index (χ0) is 17.8. The summed E-state index contributed by atoms with van der Waals surface area (Å²) in [6, 6.07) is 9.06. The lowest BCUT2D eigenvalue weighted by molar-refractivity contribution is -0.118. The average Bonchev–Trinajstić information content (AvgIpc) is 2.59. The highest BCUT2D eigenvalue weighted by Crippen LogP contribution is 2.38. The van der Waals surface area contributed by atoms with E-state index in [-0.39, 0.29) is 30.6 Å². The molecule has 0 radical (unpaired) electrons. The molecule has 0 saturated heterocycles. The van der Waals surface area contributed by atoms with Gasteiger partial charge in [0.2, 0.25) is 0 Å². The number of hydrogen-bond acceptors (Lipinski definition) is 5. The van der Waals surface area contributed by atoms with Crippen LogP contribution in [0, 0.1) is 5.82 Å². The van der Waals surface area contributed by atoms with Crippen LogP contribution < -0.4 is 15.4 Å². The monoisotopic (exact) mass is 346 g/mol. The summed E-state index contributed by atoms with van der Waals surface area (Å²) in [5, 5.41) is 25.9. The highest BCUT2D eigenvalue weighted by molar-refractivity contribution is 5.96. The molecule has 1 aliphatic rings. The van der Waals surface area contributed by atoms with Crippen molar-refractivity contribution in [1.82, 2.24) is 5.32 Å². The average molecular weight is 346 g/mol. The number of fused-ring (bicyclic) bond motifs is 1. The highest BCUT2D eigenvalue weighted by atomic mass is 19.1. The Bertz CT molecular complexity index is 764. The summed E-state index contributed by atoms with van der Waals surface area (Å²) < 4.78 is 18.2. The summed E-state index contributed by atoms with van der Waals surface area (Å²) in [5.74, 6) is -0.279. The van der Waals surface area contributed by atoms with Gasteiger partial charge in [0.15, 0.2) is 6.61 Å². The number of benzene rings is 2. The predicted octanol–water partition coefficient (Wildman–Crippen LogP) is 1.73. The largest absolute Gasteiger partial charge is 0.508 e. The fraction of sp³-hybridized carbons (Fsp3) is 0.278. The number of hydrogen-bond donors (Lipinski definition) is 4. The van der Waals surface area contributed by atoms with Crippen LogP contribution in [0.2, 0.25) is 0 Å². The maximum atomic E-state index is 12.9. The van der Waals surface area contributed by atoms with Crippen molar-refractivity contribution in [2.24, 2.45) is 0 Å². The highest BCUT2D eigenvalue weighted by Gasteiger charge is 2.24. The van der Waals surface area contributed by atoms with Crippen molar-refractivity contribution in [3.8, 4) is 11.5 Å². The van der Waals surface area contributed by atoms with Crippen molar-refractivity contribution in [1.29, 1.82) is 0 Å². The van der Waals surface area contributed by atoms with Crippen LogP contribution in [0.3, 0.4) is 0 Å². The molecule has 25 heavy (non-hydrogen) atoms. The van der Waals surface area contributed by atoms with Crippen LogP contribution in [-0.2, 0) is 11.2 Å². The lowest BCUT2D eigenvalue weighted by Gasteiger charge is -2.23. The van der Waals surface area contributed by atoms with Crippen LogP contribution in [0.25, 0.3) is 0 Å². The van der Waals surface area contributed by atoms with E-state index in [9.17, 15) is 19.4 Å². The Kier molecular flexibility index (Phi) is 5.16. The molecule has 1 amide bonds. The summed E-state index contributed by atoms with van der Waals surface area (Å²) >= 11 is 0. The number of nitrogens with one attached hydrogen (secondary N) is 2. The maximum absolute atomic E-state index is 12.9. The third-order valence-corrected chi connectivity index (χ3v) is 3.92. The Labute approximate surface area is 144 Å². The molecule has 0 spiro atoms. The second kappa shape index (κ2) is 7.50. The van der Waals surface area contributed by atoms with Gasteiger partial charge in [-0.1, -0.05) is 12.1 Å². The van der Waals surface area contributed by atoms with Crippen molar-refractivity contribution >= 4 is 11.6 Å². The Morgan fingerprint density at radius 1 is 1.28 bits per heavy atom. The van der Waals surface area contributed by atoms with Gasteiger partial charge >= 0.3 is 0 Å². The number of amides is 1. The minimum absolute atomic E-state index is 0.0649. The first kappa shape index (κ1) is 17.2. The number of rotatable bonds is 6. The van der Waals surface area contributed by atoms with Crippen LogP contribution in [0.15, 0.2) is 36.4 Å². The number of carbonyl (C=O) groups is 1. The number of phenolic OH excluding ortho intramolecular Hbond substituents is 1. The Morgan fingerprint density at radius 2 is 2.04 bits per heavy atom. The second-order valence-corrected chi connectivity index (χ2v) is 5.84. The molecule has 1 atom stereocenters. The molecule has 1 unspecified atom stereocenters. The van der Waals surface area contributed by atoms with Gasteiger partial charge in [-0.2, -0.15) is 0 Å². The molecule has 6 nitrogen and oxygen atoms in total. The predicted molar refractivity (Wildman–Crippen MR) is 90.2 cm³/mol. The van der Waals surface area contributed by atoms with E-state index in [0.717, 1.165) is 5.56 Å². The van der Waals surface area contributed by atoms with Crippen molar-refractivity contribution < 1.29 is 24.1 Å². The molecule has 1 aliphatic heterocycles. The Balaban J connectivity index is 1.59. The van der Waals surface area contributed by atoms with E-state index in [4.69, 9.17) is 4.74 Å². The van der Waals surface area contributed by atoms with E-state index in [1.54, 1.807) is 12.1 Å². The van der Waals surface area contributed by atoms with E-state index in [2.05, 4.69) is 10.6 Å². The minimum Gasteiger partial charge on any atom is -0.508 e. The van der Waals surface area contributed by atoms with Gasteiger partial charge in [0, 0.05) is 18.2 Å². The third-order valence-electron chi connectivity index (χ3n) is 3.92. The molecule has 2 aromatic carbocycles. The van der Waals surface area contributed by atoms with Crippen molar-refractivity contribution in [2.75, 3.05) is 25.0 Å². The number of carbonyl (C=O) groups excluding carboxylic acids is 1. The molecule has 0 aliphatic carbocycles. The van der Waals surface area contributed by atoms with Crippen LogP contribution in [0.4, 0.5) is 10.1 Å². The van der Waals surface area contributed by atoms with Crippen LogP contribution in [0.1, 0.15) is 17.2 Å². The molecule has 0 bridgehead atoms. The first-order valence-corrected chi connectivity index (χ1v) is 7.95. The van der Waals surface area contributed by atoms with Gasteiger partial charge in [-0.25, -0.2) is 4.39 Å². The van der Waals surface area contributed by atoms with Gasteiger partial charge in [0.1, 0.15) is 17.3 Å². The van der Waals surface area contributed by atoms with Crippen molar-refractivity contribution in [3.63, 3.8) is 0 Å². The third kappa shape index (κ3) is 4.26. The number of phenols is 1. The van der Waals surface area contributed by atoms with Crippen molar-refractivity contribution in [3.05, 3.63) is 53.3 Å². The number of ether oxygens (including phenoxy) is 1. The van der Waals surface area contributed by atoms with Crippen molar-refractivity contribution in [2.45, 2.75) is 12.5 Å². The summed E-state index contributed by atoms with van der Waals surface area (Å²) in [7, 11) is 0. The normalized spacial score (nSPS) is 14.4. The summed E-state index contributed by atoms with van der Waals surface area (Å²) in [6.45, 7) is 0.713. The molecule has 0 aromatic heterocycles. The molecule has 0 saturated carbocycles. The molecular weight excluding hydrogens is 327 g/mol. The molecule has 2 aromatic rings. The lowest BCUT2D eigenvalue weighted by Crippen LogP contribution is -2.28. The van der Waals surface area contributed by atoms with E-state index in [1.807, 2.05) is 0 Å². The van der Waals surface area contributed by atoms with E-state index in [1.165, 1.54) is 24.3 Å². The van der Waals surface area contributed by atoms with E-state index in [0.29, 0.717) is 30.0 Å². The summed E-state index contributed by atoms with van der Waals surface area (Å²) in [6.07, 6.45) is -0.221. The molecular formula is C18H19FN2O4. The SMILES string of the molecule is O=C1COc2c(cc(O)cc2C(O)CNCCc2ccc(F)cc2)N1. The molecule has 4 N–H and O–H groups in total. The van der Waals surface area contributed by atoms with E-state index >= 15 is 0 Å². The number of halogens is 1. The second-order valence-electron chi connectivity index (χ2n) is 5.84. The van der Waals surface area contributed by atoms with Gasteiger partial charge in [0.25, 0.3) is 5.91 Å². The fourth-order valence-corrected chi connectivity index (χ4v) is 2.69. The number of anilines is 1. The quantitative estimate of drug-likeness (QED) is 0.598. The summed E-state index contributed by atoms with van der Waals surface area (Å²) in [5.41, 5.74) is 1.74. The van der Waals surface area contributed by atoms with Gasteiger partial charge in [0.05, 0.1) is 11.8 Å². The van der Waals surface area contributed by atoms with Gasteiger partial charge in [-0.05, 0) is 36.7 Å².